The van der Waals surface area contributed by atoms with Gasteiger partial charge in [0.15, 0.2) is 0 Å². The first-order valence-corrected chi connectivity index (χ1v) is 6.19. The highest BCUT2D eigenvalue weighted by Gasteiger charge is 2.03. The fraction of sp³-hybridized carbons (Fsp3) is 0.231. The van der Waals surface area contributed by atoms with E-state index < -0.39 is 0 Å². The van der Waals surface area contributed by atoms with Crippen molar-refractivity contribution in [3.63, 3.8) is 0 Å². The van der Waals surface area contributed by atoms with Crippen LogP contribution >= 0.6 is 12.2 Å². The molecule has 4 nitrogen and oxygen atoms in total. The van der Waals surface area contributed by atoms with E-state index >= 15 is 0 Å². The van der Waals surface area contributed by atoms with Gasteiger partial charge < -0.3 is 11.1 Å². The van der Waals surface area contributed by atoms with Gasteiger partial charge in [0.2, 0.25) is 0 Å². The normalized spacial score (nSPS) is 10.3. The van der Waals surface area contributed by atoms with Gasteiger partial charge >= 0.3 is 0 Å². The van der Waals surface area contributed by atoms with Crippen LogP contribution in [0.2, 0.25) is 0 Å². The van der Waals surface area contributed by atoms with Crippen LogP contribution in [0.4, 0.5) is 5.69 Å². The molecule has 18 heavy (non-hydrogen) atoms. The molecule has 0 saturated heterocycles. The number of benzene rings is 1. The van der Waals surface area contributed by atoms with Crippen molar-refractivity contribution in [2.45, 2.75) is 6.42 Å². The number of hydrogen-bond acceptors (Lipinski definition) is 3. The SMILES string of the molecule is Cn1ccc(CCNc2ccccc2C(N)=S)n1. The molecule has 0 fully saturated rings. The molecule has 0 radical (unpaired) electrons. The highest BCUT2D eigenvalue weighted by Crippen LogP contribution is 2.14. The van der Waals surface area contributed by atoms with Crippen molar-refractivity contribution in [1.82, 2.24) is 9.78 Å². The van der Waals surface area contributed by atoms with E-state index in [1.54, 1.807) is 4.68 Å². The predicted molar refractivity (Wildman–Crippen MR) is 77.7 cm³/mol. The molecule has 0 saturated carbocycles. The Morgan fingerprint density at radius 2 is 2.17 bits per heavy atom. The number of nitrogens with one attached hydrogen (secondary N) is 1. The largest absolute Gasteiger partial charge is 0.389 e. The molecule has 0 unspecified atom stereocenters. The van der Waals surface area contributed by atoms with E-state index in [1.165, 1.54) is 0 Å². The van der Waals surface area contributed by atoms with Gasteiger partial charge in [0, 0.05) is 37.5 Å². The minimum atomic E-state index is 0.413. The Labute approximate surface area is 112 Å². The number of anilines is 1. The number of aromatic nitrogens is 2. The molecular weight excluding hydrogens is 244 g/mol. The van der Waals surface area contributed by atoms with Crippen molar-refractivity contribution >= 4 is 22.9 Å². The van der Waals surface area contributed by atoms with Crippen molar-refractivity contribution in [3.8, 4) is 0 Å². The summed E-state index contributed by atoms with van der Waals surface area (Å²) in [5, 5.41) is 7.66. The Kier molecular flexibility index (Phi) is 3.94. The van der Waals surface area contributed by atoms with Crippen LogP contribution < -0.4 is 11.1 Å². The number of thiocarbonyl (C=S) groups is 1. The number of rotatable bonds is 5. The van der Waals surface area contributed by atoms with Crippen LogP contribution in [0.5, 0.6) is 0 Å². The summed E-state index contributed by atoms with van der Waals surface area (Å²) in [6.45, 7) is 0.802. The average molecular weight is 260 g/mol. The van der Waals surface area contributed by atoms with E-state index in [-0.39, 0.29) is 0 Å². The number of aryl methyl sites for hydroxylation is 1. The molecule has 5 heteroatoms. The molecule has 0 bridgehead atoms. The first kappa shape index (κ1) is 12.6. The van der Waals surface area contributed by atoms with E-state index in [4.69, 9.17) is 18.0 Å². The van der Waals surface area contributed by atoms with Gasteiger partial charge in [-0.05, 0) is 18.2 Å². The highest BCUT2D eigenvalue weighted by molar-refractivity contribution is 7.80. The van der Waals surface area contributed by atoms with E-state index in [9.17, 15) is 0 Å². The van der Waals surface area contributed by atoms with Crippen LogP contribution in [-0.2, 0) is 13.5 Å². The molecule has 0 spiro atoms. The third-order valence-corrected chi connectivity index (χ3v) is 2.88. The summed E-state index contributed by atoms with van der Waals surface area (Å²) in [6.07, 6.45) is 2.81. The van der Waals surface area contributed by atoms with Crippen LogP contribution in [0.25, 0.3) is 0 Å². The Morgan fingerprint density at radius 3 is 2.83 bits per heavy atom. The fourth-order valence-electron chi connectivity index (χ4n) is 1.77. The Balaban J connectivity index is 1.96. The molecule has 3 N–H and O–H groups in total. The maximum absolute atomic E-state index is 5.68. The predicted octanol–water partition coefficient (Wildman–Crippen LogP) is 1.71. The zero-order valence-electron chi connectivity index (χ0n) is 10.3. The highest BCUT2D eigenvalue weighted by atomic mass is 32.1. The van der Waals surface area contributed by atoms with Crippen molar-refractivity contribution in [2.24, 2.45) is 12.8 Å². The third kappa shape index (κ3) is 3.07. The maximum atomic E-state index is 5.68. The topological polar surface area (TPSA) is 55.9 Å². The van der Waals surface area contributed by atoms with Gasteiger partial charge in [0.05, 0.1) is 5.69 Å². The average Bonchev–Trinajstić information content (AvgIpc) is 2.75. The summed E-state index contributed by atoms with van der Waals surface area (Å²) in [5.41, 5.74) is 8.60. The molecule has 1 heterocycles. The summed E-state index contributed by atoms with van der Waals surface area (Å²) in [5.74, 6) is 0. The molecule has 0 aliphatic carbocycles. The zero-order valence-corrected chi connectivity index (χ0v) is 11.1. The molecule has 1 aromatic heterocycles. The van der Waals surface area contributed by atoms with E-state index in [0.717, 1.165) is 29.9 Å². The molecule has 0 aliphatic heterocycles. The van der Waals surface area contributed by atoms with Crippen LogP contribution in [0.3, 0.4) is 0 Å². The molecular formula is C13H16N4S. The van der Waals surface area contributed by atoms with Gasteiger partial charge in [0.1, 0.15) is 4.99 Å². The zero-order chi connectivity index (χ0) is 13.0. The van der Waals surface area contributed by atoms with E-state index in [0.29, 0.717) is 4.99 Å². The first-order valence-electron chi connectivity index (χ1n) is 5.78. The Bertz CT molecular complexity index is 547. The smallest absolute Gasteiger partial charge is 0.106 e. The quantitative estimate of drug-likeness (QED) is 0.804. The van der Waals surface area contributed by atoms with Gasteiger partial charge in [-0.15, -0.1) is 0 Å². The first-order chi connectivity index (χ1) is 8.66. The van der Waals surface area contributed by atoms with Crippen LogP contribution in [0.15, 0.2) is 36.5 Å². The second kappa shape index (κ2) is 5.64. The number of nitrogens with two attached hydrogens (primary N) is 1. The van der Waals surface area contributed by atoms with Crippen LogP contribution in [0.1, 0.15) is 11.3 Å². The standard InChI is InChI=1S/C13H16N4S/c1-17-9-7-10(16-17)6-8-15-12-5-3-2-4-11(12)13(14)18/h2-5,7,9,15H,6,8H2,1H3,(H2,14,18). The third-order valence-electron chi connectivity index (χ3n) is 2.66. The van der Waals surface area contributed by atoms with Crippen LogP contribution in [-0.4, -0.2) is 21.3 Å². The van der Waals surface area contributed by atoms with Crippen molar-refractivity contribution in [2.75, 3.05) is 11.9 Å². The van der Waals surface area contributed by atoms with E-state index in [1.807, 2.05) is 43.6 Å². The Morgan fingerprint density at radius 1 is 1.39 bits per heavy atom. The molecule has 0 atom stereocenters. The monoisotopic (exact) mass is 260 g/mol. The summed E-state index contributed by atoms with van der Waals surface area (Å²) in [6, 6.07) is 9.81. The minimum Gasteiger partial charge on any atom is -0.389 e. The lowest BCUT2D eigenvalue weighted by atomic mass is 10.1. The van der Waals surface area contributed by atoms with E-state index in [2.05, 4.69) is 10.4 Å². The molecule has 2 aromatic rings. The minimum absolute atomic E-state index is 0.413. The molecule has 0 amide bonds. The van der Waals surface area contributed by atoms with Gasteiger partial charge in [-0.1, -0.05) is 24.4 Å². The second-order valence-corrected chi connectivity index (χ2v) is 4.51. The molecule has 94 valence electrons. The summed E-state index contributed by atoms with van der Waals surface area (Å²) < 4.78 is 1.80. The van der Waals surface area contributed by atoms with Crippen molar-refractivity contribution < 1.29 is 0 Å². The molecule has 1 aromatic carbocycles. The lowest BCUT2D eigenvalue weighted by molar-refractivity contribution is 0.742. The number of nitrogens with zero attached hydrogens (tertiary/aromatic N) is 2. The Hall–Kier alpha value is -1.88. The summed E-state index contributed by atoms with van der Waals surface area (Å²) in [7, 11) is 1.92. The van der Waals surface area contributed by atoms with Gasteiger partial charge in [-0.3, -0.25) is 4.68 Å². The summed E-state index contributed by atoms with van der Waals surface area (Å²) in [4.78, 5) is 0.413. The van der Waals surface area contributed by atoms with Gasteiger partial charge in [-0.25, -0.2) is 0 Å². The lowest BCUT2D eigenvalue weighted by Gasteiger charge is -2.10. The van der Waals surface area contributed by atoms with Gasteiger partial charge in [-0.2, -0.15) is 5.10 Å². The lowest BCUT2D eigenvalue weighted by Crippen LogP contribution is -2.14. The fourth-order valence-corrected chi connectivity index (χ4v) is 1.95. The van der Waals surface area contributed by atoms with Crippen LogP contribution in [0, 0.1) is 0 Å². The second-order valence-electron chi connectivity index (χ2n) is 4.07. The van der Waals surface area contributed by atoms with Crippen molar-refractivity contribution in [3.05, 3.63) is 47.8 Å². The maximum Gasteiger partial charge on any atom is 0.106 e. The van der Waals surface area contributed by atoms with Crippen molar-refractivity contribution in [1.29, 1.82) is 0 Å². The summed E-state index contributed by atoms with van der Waals surface area (Å²) >= 11 is 5.02. The molecule has 0 aliphatic rings. The molecule has 2 rings (SSSR count). The number of hydrogen-bond donors (Lipinski definition) is 2. The van der Waals surface area contributed by atoms with Gasteiger partial charge in [0.25, 0.3) is 0 Å². The number of para-hydroxylation sites is 1.